The molecule has 1 amide bonds. The van der Waals surface area contributed by atoms with Crippen molar-refractivity contribution in [2.75, 3.05) is 39.6 Å². The number of rotatable bonds is 36. The van der Waals surface area contributed by atoms with Crippen LogP contribution < -0.4 is 5.32 Å². The van der Waals surface area contributed by atoms with Crippen LogP contribution in [0.4, 0.5) is 0 Å². The van der Waals surface area contributed by atoms with Crippen molar-refractivity contribution < 1.29 is 224 Å². The number of carbonyl (C=O) groups is 18. The van der Waals surface area contributed by atoms with E-state index < -0.39 is 325 Å². The lowest BCUT2D eigenvalue weighted by molar-refractivity contribution is -0.393. The van der Waals surface area contributed by atoms with Crippen LogP contribution in [0, 0.1) is 0 Å². The summed E-state index contributed by atoms with van der Waals surface area (Å²) in [7, 11) is 0. The third kappa shape index (κ3) is 30.3. The van der Waals surface area contributed by atoms with Crippen molar-refractivity contribution in [3.05, 3.63) is 12.7 Å². The second-order valence-electron chi connectivity index (χ2n) is 28.2. The predicted molar refractivity (Wildman–Crippen MR) is 386 cm³/mol. The fourth-order valence-electron chi connectivity index (χ4n) is 13.8. The molecule has 0 aromatic rings. The van der Waals surface area contributed by atoms with Crippen LogP contribution in [0.5, 0.6) is 0 Å². The highest BCUT2D eigenvalue weighted by Gasteiger charge is 2.64. The SMILES string of the molecule is C=CCO[C@@H]1O[C@H](COC(C)=O)[C@@H](O[C@@H]2O[C@H](COC(C)=O)[C@H](O[C@H]3O[C@H](COC(C)=O)[C@H](OC(C)=O)[C@H](O[C@@H]4O[C@H](COC(C)=O)[C@H](OC(C)=O)[C@H](O[C@@H]5O[C@H](COC(C)=O)[C@H](OC(C)=O)[C@H](OC(C)=O)[C@H]5O[C@@H]5O[C@@H](C)[C@@H](OC(C)=O)[C@@H](OC(C)=O)[C@@H]5OC(C)=O)[C@H]4NC(C)=O)[C@H]3OC(C)=O)[C@H](OC(C)=O)[C@H]2OC(C)=O)[C@H](OC(C)=O)[C@H]1OC(C)=O. The normalized spacial score (nSPS) is 33.3. The Labute approximate surface area is 702 Å². The molecule has 690 valence electrons. The summed E-state index contributed by atoms with van der Waals surface area (Å²) in [5, 5.41) is 2.55. The van der Waals surface area contributed by atoms with E-state index in [1.54, 1.807) is 0 Å². The largest absolute Gasteiger partial charge is 0.463 e. The van der Waals surface area contributed by atoms with E-state index in [4.69, 9.17) is 137 Å². The molecule has 0 spiro atoms. The van der Waals surface area contributed by atoms with Crippen molar-refractivity contribution in [3.8, 4) is 0 Å². The Bertz CT molecular complexity index is 3790. The first-order valence-electron chi connectivity index (χ1n) is 38.1. The summed E-state index contributed by atoms with van der Waals surface area (Å²) in [4.78, 5) is 239. The Morgan fingerprint density at radius 1 is 0.244 bits per heavy atom. The summed E-state index contributed by atoms with van der Waals surface area (Å²) in [6.45, 7) is 16.2. The maximum Gasteiger partial charge on any atom is 0.303 e. The quantitative estimate of drug-likeness (QED) is 0.0402. The maximum absolute atomic E-state index is 14.2. The molecule has 0 aliphatic carbocycles. The molecule has 0 radical (unpaired) electrons. The van der Waals surface area contributed by atoms with E-state index in [2.05, 4.69) is 11.9 Å². The van der Waals surface area contributed by atoms with Gasteiger partial charge in [-0.3, -0.25) is 86.3 Å². The van der Waals surface area contributed by atoms with E-state index in [0.29, 0.717) is 0 Å². The molecule has 6 aliphatic heterocycles. The van der Waals surface area contributed by atoms with Gasteiger partial charge in [-0.15, -0.1) is 6.58 Å². The smallest absolute Gasteiger partial charge is 0.303 e. The topological polar surface area (TPSA) is 587 Å². The zero-order valence-corrected chi connectivity index (χ0v) is 70.5. The number of amides is 1. The first kappa shape index (κ1) is 102. The molecule has 123 heavy (non-hydrogen) atoms. The van der Waals surface area contributed by atoms with E-state index >= 15 is 0 Å². The minimum atomic E-state index is -2.45. The number of esters is 17. The second kappa shape index (κ2) is 47.0. The van der Waals surface area contributed by atoms with Crippen molar-refractivity contribution >= 4 is 107 Å². The third-order valence-electron chi connectivity index (χ3n) is 17.8. The highest BCUT2D eigenvalue weighted by molar-refractivity contribution is 5.74. The number of ether oxygens (including phenoxy) is 29. The molecule has 6 rings (SSSR count). The molecule has 6 saturated heterocycles. The van der Waals surface area contributed by atoms with Gasteiger partial charge in [-0.1, -0.05) is 6.08 Å². The molecule has 48 heteroatoms. The Balaban J connectivity index is 1.66. The fraction of sp³-hybridized carbons (Fsp3) is 0.733. The molecule has 48 nitrogen and oxygen atoms in total. The van der Waals surface area contributed by atoms with Gasteiger partial charge in [0.1, 0.15) is 94.0 Å². The third-order valence-corrected chi connectivity index (χ3v) is 17.8. The van der Waals surface area contributed by atoms with Crippen LogP contribution in [0.2, 0.25) is 0 Å². The number of hydrogen-bond acceptors (Lipinski definition) is 47. The fourth-order valence-corrected chi connectivity index (χ4v) is 13.8. The van der Waals surface area contributed by atoms with Crippen LogP contribution >= 0.6 is 0 Å². The lowest BCUT2D eigenvalue weighted by atomic mass is 9.93. The van der Waals surface area contributed by atoms with Gasteiger partial charge in [0, 0.05) is 125 Å². The first-order valence-corrected chi connectivity index (χ1v) is 38.1. The Hall–Kier alpha value is -10.3. The van der Waals surface area contributed by atoms with E-state index in [1.807, 2.05) is 0 Å². The molecule has 6 heterocycles. The highest BCUT2D eigenvalue weighted by Crippen LogP contribution is 2.43. The Morgan fingerprint density at radius 3 is 0.789 bits per heavy atom. The standard InChI is InChI=1S/C75H103NO47/c1-21-22-95-71-65(110-43(17)91)62(108-41(15)89)57(50(115-71)26-99-33(7)81)119-73-67(112-45(19)93)63(109-42(16)90)58(51(118-73)27-100-34(8)82)120-74-68(113-46(20)94)64(56(105-38(12)86)49(116-74)25-98-32(6)80)122-70-52(76-29(3)77)59(54(103-36(10)84)47(114-70)23-96-30(4)78)121-75-69(61(107-40(14)88)55(104-37(11)85)48(117-75)24-97-31(5)79)123-72-66(111-44(18)92)60(106-39(13)87)53(28(2)101-72)102-35(9)83/h21,28,47-75H,1,22-27H2,2-20H3,(H,76,77)/t28-,47+,48+,49+,50+,51+,52+,53+,54-,55-,56-,57+,58-,59+,60+,61-,62-,63-,64-,65+,66-,67+,68+,69+,70-,71+,72-,73-,74+,75-/m0/s1. The summed E-state index contributed by atoms with van der Waals surface area (Å²) in [5.74, 6) is -19.8. The Morgan fingerprint density at radius 2 is 0.463 bits per heavy atom. The van der Waals surface area contributed by atoms with E-state index in [-0.39, 0.29) is 6.61 Å². The van der Waals surface area contributed by atoms with Crippen molar-refractivity contribution in [2.45, 2.75) is 316 Å². The van der Waals surface area contributed by atoms with Crippen molar-refractivity contribution in [1.82, 2.24) is 5.32 Å². The summed E-state index contributed by atoms with van der Waals surface area (Å²) < 4.78 is 175. The molecule has 1 N–H and O–H groups in total. The average molecular weight is 1770 g/mol. The van der Waals surface area contributed by atoms with Crippen molar-refractivity contribution in [3.63, 3.8) is 0 Å². The first-order chi connectivity index (χ1) is 57.7. The number of nitrogens with one attached hydrogen (secondary N) is 1. The number of hydrogen-bond donors (Lipinski definition) is 1. The van der Waals surface area contributed by atoms with E-state index in [1.165, 1.54) is 13.0 Å². The van der Waals surface area contributed by atoms with E-state index in [9.17, 15) is 86.3 Å². The highest BCUT2D eigenvalue weighted by atomic mass is 16.8. The zero-order valence-electron chi connectivity index (χ0n) is 70.5. The molecule has 0 saturated carbocycles. The van der Waals surface area contributed by atoms with Crippen LogP contribution in [0.3, 0.4) is 0 Å². The lowest BCUT2D eigenvalue weighted by Gasteiger charge is -2.52. The Kier molecular flexibility index (Phi) is 38.8. The summed E-state index contributed by atoms with van der Waals surface area (Å²) in [6, 6.07) is -2.20. The van der Waals surface area contributed by atoms with Crippen LogP contribution in [0.15, 0.2) is 12.7 Å². The van der Waals surface area contributed by atoms with Crippen molar-refractivity contribution in [2.24, 2.45) is 0 Å². The van der Waals surface area contributed by atoms with Crippen molar-refractivity contribution in [1.29, 1.82) is 0 Å². The lowest BCUT2D eigenvalue weighted by Crippen LogP contribution is -2.72. The van der Waals surface area contributed by atoms with Gasteiger partial charge in [0.2, 0.25) is 5.91 Å². The summed E-state index contributed by atoms with van der Waals surface area (Å²) >= 11 is 0. The van der Waals surface area contributed by atoms with Gasteiger partial charge in [0.25, 0.3) is 0 Å². The molecule has 0 aromatic heterocycles. The van der Waals surface area contributed by atoms with Gasteiger partial charge >= 0.3 is 101 Å². The van der Waals surface area contributed by atoms with Gasteiger partial charge in [-0.25, -0.2) is 0 Å². The molecule has 30 atom stereocenters. The average Bonchev–Trinajstić information content (AvgIpc) is 0.756. The zero-order chi connectivity index (χ0) is 91.9. The van der Waals surface area contributed by atoms with Gasteiger partial charge < -0.3 is 143 Å². The molecular weight excluding hydrogens is 1670 g/mol. The van der Waals surface area contributed by atoms with Crippen LogP contribution in [-0.2, 0) is 224 Å². The summed E-state index contributed by atoms with van der Waals surface area (Å²) in [5.41, 5.74) is 0. The van der Waals surface area contributed by atoms with Gasteiger partial charge in [0.15, 0.2) is 117 Å². The minimum Gasteiger partial charge on any atom is -0.463 e. The maximum atomic E-state index is 14.2. The van der Waals surface area contributed by atoms with Crippen LogP contribution in [0.25, 0.3) is 0 Å². The molecule has 0 unspecified atom stereocenters. The van der Waals surface area contributed by atoms with Gasteiger partial charge in [-0.05, 0) is 6.92 Å². The molecule has 6 fully saturated rings. The predicted octanol–water partition coefficient (Wildman–Crippen LogP) is -2.02. The number of carbonyl (C=O) groups excluding carboxylic acids is 18. The van der Waals surface area contributed by atoms with Gasteiger partial charge in [-0.2, -0.15) is 0 Å². The molecule has 0 bridgehead atoms. The second-order valence-corrected chi connectivity index (χ2v) is 28.2. The monoisotopic (exact) mass is 1770 g/mol. The van der Waals surface area contributed by atoms with Crippen LogP contribution in [0.1, 0.15) is 132 Å². The molecular formula is C75H103NO47. The van der Waals surface area contributed by atoms with E-state index in [0.717, 1.165) is 125 Å². The van der Waals surface area contributed by atoms with Crippen LogP contribution in [-0.4, -0.2) is 331 Å². The molecule has 6 aliphatic rings. The molecule has 0 aromatic carbocycles. The minimum absolute atomic E-state index is 0.304. The van der Waals surface area contributed by atoms with Gasteiger partial charge in [0.05, 0.1) is 12.7 Å². The summed E-state index contributed by atoms with van der Waals surface area (Å²) in [6.07, 6.45) is -58.6.